The first-order chi connectivity index (χ1) is 14.0. The van der Waals surface area contributed by atoms with E-state index in [0.717, 1.165) is 27.8 Å². The molecule has 1 aliphatic rings. The molecule has 0 atom stereocenters. The summed E-state index contributed by atoms with van der Waals surface area (Å²) < 4.78 is 0. The molecular weight excluding hydrogens is 388 g/mol. The number of imide groups is 1. The lowest BCUT2D eigenvalue weighted by molar-refractivity contribution is -0.129. The number of phenols is 1. The maximum absolute atomic E-state index is 12.4. The third-order valence-electron chi connectivity index (χ3n) is 4.18. The first-order valence-electron chi connectivity index (χ1n) is 9.04. The second-order valence-corrected chi connectivity index (χ2v) is 7.32. The fraction of sp³-hybridized carbons (Fsp3) is 0.136. The summed E-state index contributed by atoms with van der Waals surface area (Å²) in [5.74, 6) is -0.678. The van der Waals surface area contributed by atoms with Crippen LogP contribution in [-0.2, 0) is 16.0 Å². The standard InChI is InChI=1S/C22H20N2O4S/c25-18-11-9-17(10-12-18)13-14-23-20(26)15-24-21(27)19(29-22(24)28)8-4-7-16-5-2-1-3-6-16/h1-12,25H,13-15H2,(H,23,26). The zero-order chi connectivity index (χ0) is 20.6. The topological polar surface area (TPSA) is 86.7 Å². The van der Waals surface area contributed by atoms with E-state index in [2.05, 4.69) is 5.32 Å². The Morgan fingerprint density at radius 2 is 1.79 bits per heavy atom. The molecule has 29 heavy (non-hydrogen) atoms. The van der Waals surface area contributed by atoms with Crippen molar-refractivity contribution < 1.29 is 19.5 Å². The molecule has 2 aromatic carbocycles. The van der Waals surface area contributed by atoms with E-state index in [4.69, 9.17) is 0 Å². The van der Waals surface area contributed by atoms with Gasteiger partial charge in [0.25, 0.3) is 11.1 Å². The molecule has 7 heteroatoms. The van der Waals surface area contributed by atoms with Crippen LogP contribution in [0.1, 0.15) is 11.1 Å². The van der Waals surface area contributed by atoms with Crippen LogP contribution in [0.25, 0.3) is 6.08 Å². The minimum atomic E-state index is -0.466. The third-order valence-corrected chi connectivity index (χ3v) is 5.11. The van der Waals surface area contributed by atoms with Gasteiger partial charge in [-0.15, -0.1) is 0 Å². The van der Waals surface area contributed by atoms with Gasteiger partial charge in [-0.3, -0.25) is 19.3 Å². The van der Waals surface area contributed by atoms with Gasteiger partial charge in [0.2, 0.25) is 5.91 Å². The molecule has 1 heterocycles. The molecule has 0 aliphatic carbocycles. The van der Waals surface area contributed by atoms with Gasteiger partial charge < -0.3 is 10.4 Å². The zero-order valence-corrected chi connectivity index (χ0v) is 16.4. The van der Waals surface area contributed by atoms with E-state index in [0.29, 0.717) is 17.9 Å². The number of nitrogens with one attached hydrogen (secondary N) is 1. The summed E-state index contributed by atoms with van der Waals surface area (Å²) in [6, 6.07) is 16.3. The number of benzene rings is 2. The smallest absolute Gasteiger partial charge is 0.294 e. The van der Waals surface area contributed by atoms with Gasteiger partial charge in [0.15, 0.2) is 0 Å². The van der Waals surface area contributed by atoms with Crippen molar-refractivity contribution in [1.29, 1.82) is 0 Å². The largest absolute Gasteiger partial charge is 0.508 e. The predicted molar refractivity (Wildman–Crippen MR) is 113 cm³/mol. The summed E-state index contributed by atoms with van der Waals surface area (Å²) in [7, 11) is 0. The van der Waals surface area contributed by atoms with Gasteiger partial charge in [-0.05, 0) is 47.5 Å². The number of amides is 3. The Kier molecular flexibility index (Phi) is 6.86. The van der Waals surface area contributed by atoms with E-state index in [9.17, 15) is 19.5 Å². The summed E-state index contributed by atoms with van der Waals surface area (Å²) in [6.07, 6.45) is 5.72. The van der Waals surface area contributed by atoms with Crippen molar-refractivity contribution in [2.24, 2.45) is 0 Å². The van der Waals surface area contributed by atoms with Crippen molar-refractivity contribution in [3.05, 3.63) is 82.8 Å². The number of thioether (sulfide) groups is 1. The Hall–Kier alpha value is -3.32. The number of allylic oxidation sites excluding steroid dienone is 2. The number of rotatable bonds is 7. The summed E-state index contributed by atoms with van der Waals surface area (Å²) in [4.78, 5) is 37.8. The van der Waals surface area contributed by atoms with Gasteiger partial charge in [-0.2, -0.15) is 0 Å². The van der Waals surface area contributed by atoms with Crippen molar-refractivity contribution in [1.82, 2.24) is 10.2 Å². The molecule has 0 unspecified atom stereocenters. The number of carbonyl (C=O) groups excluding carboxylic acids is 3. The second-order valence-electron chi connectivity index (χ2n) is 6.33. The number of phenolic OH excluding ortho intramolecular Hbond substituents is 1. The molecule has 3 rings (SSSR count). The van der Waals surface area contributed by atoms with Crippen LogP contribution in [0, 0.1) is 0 Å². The van der Waals surface area contributed by atoms with Crippen LogP contribution in [0.4, 0.5) is 4.79 Å². The Bertz CT molecular complexity index is 953. The van der Waals surface area contributed by atoms with Gasteiger partial charge in [-0.25, -0.2) is 0 Å². The number of carbonyl (C=O) groups is 3. The number of hydrogen-bond acceptors (Lipinski definition) is 5. The number of aromatic hydroxyl groups is 1. The minimum absolute atomic E-state index is 0.184. The van der Waals surface area contributed by atoms with Gasteiger partial charge in [0.05, 0.1) is 4.91 Å². The monoisotopic (exact) mass is 408 g/mol. The van der Waals surface area contributed by atoms with Gasteiger partial charge in [-0.1, -0.05) is 54.6 Å². The summed E-state index contributed by atoms with van der Waals surface area (Å²) in [5, 5.41) is 11.5. The Morgan fingerprint density at radius 1 is 1.07 bits per heavy atom. The van der Waals surface area contributed by atoms with Gasteiger partial charge in [0, 0.05) is 6.54 Å². The average Bonchev–Trinajstić information content (AvgIpc) is 2.98. The van der Waals surface area contributed by atoms with Crippen LogP contribution >= 0.6 is 11.8 Å². The SMILES string of the molecule is O=C(CN1C(=O)SC(=CC=Cc2ccccc2)C1=O)NCCc1ccc(O)cc1. The first kappa shape index (κ1) is 20.4. The fourth-order valence-electron chi connectivity index (χ4n) is 2.67. The van der Waals surface area contributed by atoms with Crippen molar-refractivity contribution in [3.63, 3.8) is 0 Å². The maximum Gasteiger partial charge on any atom is 0.294 e. The molecule has 148 valence electrons. The molecule has 3 amide bonds. The fourth-order valence-corrected chi connectivity index (χ4v) is 3.46. The van der Waals surface area contributed by atoms with Crippen LogP contribution in [0.3, 0.4) is 0 Å². The highest BCUT2D eigenvalue weighted by atomic mass is 32.2. The third kappa shape index (κ3) is 5.83. The van der Waals surface area contributed by atoms with Crippen LogP contribution < -0.4 is 5.32 Å². The first-order valence-corrected chi connectivity index (χ1v) is 9.86. The average molecular weight is 408 g/mol. The van der Waals surface area contributed by atoms with E-state index < -0.39 is 17.1 Å². The van der Waals surface area contributed by atoms with E-state index in [-0.39, 0.29) is 12.3 Å². The molecule has 0 spiro atoms. The highest BCUT2D eigenvalue weighted by molar-refractivity contribution is 8.18. The van der Waals surface area contributed by atoms with Crippen LogP contribution in [0.2, 0.25) is 0 Å². The van der Waals surface area contributed by atoms with Crippen molar-refractivity contribution >= 4 is 34.9 Å². The van der Waals surface area contributed by atoms with Crippen molar-refractivity contribution in [2.75, 3.05) is 13.1 Å². The molecular formula is C22H20N2O4S. The molecule has 1 aliphatic heterocycles. The highest BCUT2D eigenvalue weighted by Crippen LogP contribution is 2.30. The van der Waals surface area contributed by atoms with Crippen molar-refractivity contribution in [3.8, 4) is 5.75 Å². The summed E-state index contributed by atoms with van der Waals surface area (Å²) in [6.45, 7) is 0.0649. The lowest BCUT2D eigenvalue weighted by Crippen LogP contribution is -2.40. The van der Waals surface area contributed by atoms with Crippen molar-refractivity contribution in [2.45, 2.75) is 6.42 Å². The Labute approximate surface area is 172 Å². The lowest BCUT2D eigenvalue weighted by Gasteiger charge is -2.12. The molecule has 1 saturated heterocycles. The molecule has 6 nitrogen and oxygen atoms in total. The Balaban J connectivity index is 1.50. The molecule has 0 saturated carbocycles. The van der Waals surface area contributed by atoms with Crippen LogP contribution in [0.5, 0.6) is 5.75 Å². The van der Waals surface area contributed by atoms with E-state index in [1.807, 2.05) is 36.4 Å². The van der Waals surface area contributed by atoms with Crippen LogP contribution in [0.15, 0.2) is 71.7 Å². The number of hydrogen-bond donors (Lipinski definition) is 2. The zero-order valence-electron chi connectivity index (χ0n) is 15.6. The molecule has 0 bridgehead atoms. The quantitative estimate of drug-likeness (QED) is 0.686. The lowest BCUT2D eigenvalue weighted by atomic mass is 10.1. The van der Waals surface area contributed by atoms with Gasteiger partial charge in [0.1, 0.15) is 12.3 Å². The second kappa shape index (κ2) is 9.75. The molecule has 0 radical (unpaired) electrons. The van der Waals surface area contributed by atoms with Gasteiger partial charge >= 0.3 is 0 Å². The minimum Gasteiger partial charge on any atom is -0.508 e. The highest BCUT2D eigenvalue weighted by Gasteiger charge is 2.35. The van der Waals surface area contributed by atoms with Crippen LogP contribution in [-0.4, -0.2) is 40.1 Å². The number of nitrogens with zero attached hydrogens (tertiary/aromatic N) is 1. The molecule has 2 aromatic rings. The van der Waals surface area contributed by atoms with E-state index in [1.54, 1.807) is 36.4 Å². The molecule has 2 N–H and O–H groups in total. The predicted octanol–water partition coefficient (Wildman–Crippen LogP) is 3.34. The van der Waals surface area contributed by atoms with E-state index >= 15 is 0 Å². The summed E-state index contributed by atoms with van der Waals surface area (Å²) >= 11 is 0.825. The molecule has 0 aromatic heterocycles. The summed E-state index contributed by atoms with van der Waals surface area (Å²) in [5.41, 5.74) is 1.94. The normalized spacial score (nSPS) is 15.4. The van der Waals surface area contributed by atoms with E-state index in [1.165, 1.54) is 0 Å². The Morgan fingerprint density at radius 3 is 2.52 bits per heavy atom. The maximum atomic E-state index is 12.4. The molecule has 1 fully saturated rings.